The molecule has 0 radical (unpaired) electrons. The summed E-state index contributed by atoms with van der Waals surface area (Å²) in [6.07, 6.45) is 1.24. The van der Waals surface area contributed by atoms with Crippen molar-refractivity contribution >= 4 is 33.7 Å². The van der Waals surface area contributed by atoms with Crippen molar-refractivity contribution in [2.24, 2.45) is 0 Å². The van der Waals surface area contributed by atoms with Gasteiger partial charge in [0.2, 0.25) is 5.13 Å². The van der Waals surface area contributed by atoms with E-state index in [0.29, 0.717) is 21.7 Å². The third kappa shape index (κ3) is 3.31. The number of nitrogens with two attached hydrogens (primary N) is 1. The maximum absolute atomic E-state index is 12.2. The van der Waals surface area contributed by atoms with Crippen molar-refractivity contribution < 1.29 is 4.79 Å². The minimum atomic E-state index is -0.550. The van der Waals surface area contributed by atoms with E-state index in [4.69, 9.17) is 5.73 Å². The van der Waals surface area contributed by atoms with Crippen molar-refractivity contribution in [1.29, 1.82) is 0 Å². The van der Waals surface area contributed by atoms with Crippen molar-refractivity contribution in [1.82, 2.24) is 30.5 Å². The Labute approximate surface area is 144 Å². The lowest BCUT2D eigenvalue weighted by Gasteiger charge is -2.10. The van der Waals surface area contributed by atoms with Gasteiger partial charge in [0, 0.05) is 11.6 Å². The van der Waals surface area contributed by atoms with Crippen LogP contribution in [0.2, 0.25) is 0 Å². The van der Waals surface area contributed by atoms with Crippen LogP contribution in [0.15, 0.2) is 16.4 Å². The standard InChI is InChI=1S/C13H13N7O2S2/c1-5(12-19-20-13(14)24-12)16-10(21)7-3-15-9(18-11(7)22)8-4-23-6(2)17-8/h3-5H,1-2H3,(H2,14,20)(H,16,21)(H,15,18,22)/t5-/m1/s1. The van der Waals surface area contributed by atoms with Crippen LogP contribution >= 0.6 is 22.7 Å². The van der Waals surface area contributed by atoms with E-state index >= 15 is 0 Å². The number of rotatable bonds is 4. The summed E-state index contributed by atoms with van der Waals surface area (Å²) in [7, 11) is 0. The Morgan fingerprint density at radius 3 is 2.79 bits per heavy atom. The maximum atomic E-state index is 12.2. The van der Waals surface area contributed by atoms with E-state index in [9.17, 15) is 9.59 Å². The first-order chi connectivity index (χ1) is 11.4. The molecular formula is C13H13N7O2S2. The normalized spacial score (nSPS) is 12.1. The Morgan fingerprint density at radius 2 is 2.21 bits per heavy atom. The molecule has 0 aromatic carbocycles. The maximum Gasteiger partial charge on any atom is 0.264 e. The van der Waals surface area contributed by atoms with E-state index in [0.717, 1.165) is 5.01 Å². The number of carbonyl (C=O) groups is 1. The van der Waals surface area contributed by atoms with Gasteiger partial charge >= 0.3 is 0 Å². The second-order valence-corrected chi connectivity index (χ2v) is 7.00. The summed E-state index contributed by atoms with van der Waals surface area (Å²) >= 11 is 2.62. The molecule has 3 aromatic heterocycles. The summed E-state index contributed by atoms with van der Waals surface area (Å²) in [5.74, 6) is -0.225. The van der Waals surface area contributed by atoms with Gasteiger partial charge in [0.05, 0.1) is 11.0 Å². The second kappa shape index (κ2) is 6.45. The number of H-pyrrole nitrogens is 1. The lowest BCUT2D eigenvalue weighted by atomic mass is 10.2. The van der Waals surface area contributed by atoms with Gasteiger partial charge < -0.3 is 16.0 Å². The topological polar surface area (TPSA) is 140 Å². The van der Waals surface area contributed by atoms with Crippen LogP contribution in [0.25, 0.3) is 11.5 Å². The monoisotopic (exact) mass is 363 g/mol. The Morgan fingerprint density at radius 1 is 1.42 bits per heavy atom. The lowest BCUT2D eigenvalue weighted by molar-refractivity contribution is 0.0938. The number of thiazole rings is 1. The Hall–Kier alpha value is -2.66. The molecule has 3 heterocycles. The molecule has 0 aliphatic heterocycles. The molecule has 1 atom stereocenters. The van der Waals surface area contributed by atoms with Gasteiger partial charge in [-0.3, -0.25) is 9.59 Å². The fraction of sp³-hybridized carbons (Fsp3) is 0.231. The molecular weight excluding hydrogens is 350 g/mol. The van der Waals surface area contributed by atoms with Gasteiger partial charge in [-0.1, -0.05) is 11.3 Å². The van der Waals surface area contributed by atoms with Gasteiger partial charge in [-0.15, -0.1) is 21.5 Å². The molecule has 24 heavy (non-hydrogen) atoms. The van der Waals surface area contributed by atoms with Crippen molar-refractivity contribution in [2.75, 3.05) is 5.73 Å². The second-order valence-electron chi connectivity index (χ2n) is 4.90. The highest BCUT2D eigenvalue weighted by Crippen LogP contribution is 2.19. The van der Waals surface area contributed by atoms with Gasteiger partial charge in [0.15, 0.2) is 5.82 Å². The zero-order chi connectivity index (χ0) is 17.3. The summed E-state index contributed by atoms with van der Waals surface area (Å²) in [5, 5.41) is 13.7. The third-order valence-electron chi connectivity index (χ3n) is 3.08. The molecule has 3 aromatic rings. The predicted molar refractivity (Wildman–Crippen MR) is 90.9 cm³/mol. The van der Waals surface area contributed by atoms with E-state index < -0.39 is 17.5 Å². The molecule has 4 N–H and O–H groups in total. The van der Waals surface area contributed by atoms with Crippen LogP contribution < -0.4 is 16.6 Å². The Bertz CT molecular complexity index is 946. The van der Waals surface area contributed by atoms with E-state index in [1.165, 1.54) is 28.9 Å². The molecule has 0 unspecified atom stereocenters. The van der Waals surface area contributed by atoms with Crippen LogP contribution in [0.5, 0.6) is 0 Å². The molecule has 0 aliphatic rings. The number of amides is 1. The van der Waals surface area contributed by atoms with Crippen molar-refractivity contribution in [3.63, 3.8) is 0 Å². The average molecular weight is 363 g/mol. The number of hydrogen-bond acceptors (Lipinski definition) is 9. The number of aryl methyl sites for hydroxylation is 1. The van der Waals surface area contributed by atoms with E-state index in [1.54, 1.807) is 12.3 Å². The van der Waals surface area contributed by atoms with Crippen molar-refractivity contribution in [3.05, 3.63) is 37.5 Å². The number of anilines is 1. The highest BCUT2D eigenvalue weighted by atomic mass is 32.1. The van der Waals surface area contributed by atoms with Crippen LogP contribution in [0.4, 0.5) is 5.13 Å². The summed E-state index contributed by atoms with van der Waals surface area (Å²) in [6, 6.07) is -0.424. The number of aromatic amines is 1. The number of nitrogen functional groups attached to an aromatic ring is 1. The van der Waals surface area contributed by atoms with Gasteiger partial charge in [-0.25, -0.2) is 9.97 Å². The molecule has 0 aliphatic carbocycles. The lowest BCUT2D eigenvalue weighted by Crippen LogP contribution is -2.32. The number of carbonyl (C=O) groups excluding carboxylic acids is 1. The van der Waals surface area contributed by atoms with Gasteiger partial charge in [-0.2, -0.15) is 0 Å². The number of aromatic nitrogens is 5. The first kappa shape index (κ1) is 16.2. The molecule has 0 fully saturated rings. The van der Waals surface area contributed by atoms with E-state index in [2.05, 4.69) is 30.5 Å². The summed E-state index contributed by atoms with van der Waals surface area (Å²) < 4.78 is 0. The fourth-order valence-electron chi connectivity index (χ4n) is 1.92. The quantitative estimate of drug-likeness (QED) is 0.631. The van der Waals surface area contributed by atoms with E-state index in [-0.39, 0.29) is 5.56 Å². The Balaban J connectivity index is 1.79. The summed E-state index contributed by atoms with van der Waals surface area (Å²) in [4.78, 5) is 35.3. The Kier molecular flexibility index (Phi) is 4.36. The van der Waals surface area contributed by atoms with Crippen LogP contribution in [-0.4, -0.2) is 31.1 Å². The summed E-state index contributed by atoms with van der Waals surface area (Å²) in [5.41, 5.74) is 5.46. The van der Waals surface area contributed by atoms with E-state index in [1.807, 2.05) is 6.92 Å². The number of nitrogens with one attached hydrogen (secondary N) is 2. The smallest absolute Gasteiger partial charge is 0.264 e. The van der Waals surface area contributed by atoms with Gasteiger partial charge in [0.1, 0.15) is 16.3 Å². The van der Waals surface area contributed by atoms with Crippen LogP contribution in [0, 0.1) is 6.92 Å². The highest BCUT2D eigenvalue weighted by Gasteiger charge is 2.18. The summed E-state index contributed by atoms with van der Waals surface area (Å²) in [6.45, 7) is 3.58. The molecule has 0 spiro atoms. The largest absolute Gasteiger partial charge is 0.374 e. The molecule has 0 saturated carbocycles. The minimum absolute atomic E-state index is 0.0879. The van der Waals surface area contributed by atoms with Crippen LogP contribution in [-0.2, 0) is 0 Å². The van der Waals surface area contributed by atoms with Crippen molar-refractivity contribution in [2.45, 2.75) is 19.9 Å². The molecule has 124 valence electrons. The van der Waals surface area contributed by atoms with Crippen LogP contribution in [0.1, 0.15) is 33.3 Å². The number of hydrogen-bond donors (Lipinski definition) is 3. The minimum Gasteiger partial charge on any atom is -0.374 e. The van der Waals surface area contributed by atoms with Crippen LogP contribution in [0.3, 0.4) is 0 Å². The SMILES string of the molecule is Cc1nc(-c2ncc(C(=O)N[C@H](C)c3nnc(N)s3)c(=O)[nH]2)cs1. The molecule has 0 saturated heterocycles. The molecule has 11 heteroatoms. The van der Waals surface area contributed by atoms with Gasteiger partial charge in [-0.05, 0) is 13.8 Å². The first-order valence-electron chi connectivity index (χ1n) is 6.85. The third-order valence-corrected chi connectivity index (χ3v) is 4.79. The molecule has 3 rings (SSSR count). The zero-order valence-electron chi connectivity index (χ0n) is 12.7. The number of nitrogens with zero attached hydrogens (tertiary/aromatic N) is 4. The fourth-order valence-corrected chi connectivity index (χ4v) is 3.13. The zero-order valence-corrected chi connectivity index (χ0v) is 14.4. The molecule has 9 nitrogen and oxygen atoms in total. The molecule has 0 bridgehead atoms. The van der Waals surface area contributed by atoms with Gasteiger partial charge in [0.25, 0.3) is 11.5 Å². The first-order valence-corrected chi connectivity index (χ1v) is 8.55. The highest BCUT2D eigenvalue weighted by molar-refractivity contribution is 7.15. The molecule has 1 amide bonds. The van der Waals surface area contributed by atoms with Crippen molar-refractivity contribution in [3.8, 4) is 11.5 Å². The predicted octanol–water partition coefficient (Wildman–Crippen LogP) is 1.13. The average Bonchev–Trinajstić information content (AvgIpc) is 3.15.